The third kappa shape index (κ3) is 3.56. The van der Waals surface area contributed by atoms with E-state index >= 15 is 0 Å². The second kappa shape index (κ2) is 7.84. The van der Waals surface area contributed by atoms with E-state index in [1.165, 1.54) is 21.9 Å². The van der Waals surface area contributed by atoms with Gasteiger partial charge in [-0.1, -0.05) is 72.8 Å². The Labute approximate surface area is 177 Å². The summed E-state index contributed by atoms with van der Waals surface area (Å²) in [7, 11) is 5.72. The first-order chi connectivity index (χ1) is 14.8. The van der Waals surface area contributed by atoms with Gasteiger partial charge in [-0.15, -0.1) is 0 Å². The number of anilines is 3. The summed E-state index contributed by atoms with van der Waals surface area (Å²) in [5, 5.41) is 2.38. The van der Waals surface area contributed by atoms with Gasteiger partial charge < -0.3 is 4.90 Å². The van der Waals surface area contributed by atoms with Crippen LogP contribution >= 0.6 is 0 Å². The molecule has 1 heterocycles. The molecule has 0 fully saturated rings. The molecule has 4 heteroatoms. The Balaban J connectivity index is 1.61. The quantitative estimate of drug-likeness (QED) is 0.381. The average molecular weight is 383 g/mol. The molecule has 0 N–H and O–H groups in total. The summed E-state index contributed by atoms with van der Waals surface area (Å²) < 4.78 is 0. The number of aromatic nitrogens is 2. The molecular formula is C26H18BN3. The minimum atomic E-state index is 0.261. The van der Waals surface area contributed by atoms with Gasteiger partial charge in [0.2, 0.25) is 0 Å². The monoisotopic (exact) mass is 383 g/mol. The van der Waals surface area contributed by atoms with Crippen LogP contribution in [-0.4, -0.2) is 17.8 Å². The largest absolute Gasteiger partial charge is 0.308 e. The van der Waals surface area contributed by atoms with Gasteiger partial charge in [-0.05, 0) is 46.2 Å². The lowest BCUT2D eigenvalue weighted by atomic mass is 10.0. The van der Waals surface area contributed by atoms with E-state index in [2.05, 4.69) is 106 Å². The first-order valence-corrected chi connectivity index (χ1v) is 9.80. The van der Waals surface area contributed by atoms with E-state index in [1.807, 2.05) is 6.07 Å². The van der Waals surface area contributed by atoms with E-state index in [4.69, 9.17) is 7.85 Å². The molecule has 0 saturated heterocycles. The van der Waals surface area contributed by atoms with E-state index in [-0.39, 0.29) is 5.72 Å². The fraction of sp³-hybridized carbons (Fsp3) is 0. The van der Waals surface area contributed by atoms with Gasteiger partial charge in [0.1, 0.15) is 0 Å². The highest BCUT2D eigenvalue weighted by Crippen LogP contribution is 2.36. The second-order valence-corrected chi connectivity index (χ2v) is 7.08. The molecule has 30 heavy (non-hydrogen) atoms. The Morgan fingerprint density at radius 1 is 0.533 bits per heavy atom. The van der Waals surface area contributed by atoms with Crippen LogP contribution in [0.4, 0.5) is 17.1 Å². The van der Waals surface area contributed by atoms with Crippen LogP contribution in [0.15, 0.2) is 109 Å². The summed E-state index contributed by atoms with van der Waals surface area (Å²) in [4.78, 5) is 10.5. The molecular weight excluding hydrogens is 365 g/mol. The maximum absolute atomic E-state index is 5.72. The number of rotatable bonds is 4. The van der Waals surface area contributed by atoms with E-state index < -0.39 is 0 Å². The van der Waals surface area contributed by atoms with Crippen LogP contribution in [-0.2, 0) is 0 Å². The molecule has 4 aromatic carbocycles. The van der Waals surface area contributed by atoms with Crippen LogP contribution in [0.3, 0.4) is 0 Å². The van der Waals surface area contributed by atoms with Crippen molar-refractivity contribution in [2.75, 3.05) is 4.90 Å². The Kier molecular flexibility index (Phi) is 4.74. The Hall–Kier alpha value is -3.92. The zero-order valence-corrected chi connectivity index (χ0v) is 16.3. The molecule has 2 radical (unpaired) electrons. The highest BCUT2D eigenvalue weighted by molar-refractivity contribution is 6.28. The molecule has 0 atom stereocenters. The lowest BCUT2D eigenvalue weighted by molar-refractivity contribution is 1.18. The van der Waals surface area contributed by atoms with Crippen LogP contribution in [0, 0.1) is 0 Å². The van der Waals surface area contributed by atoms with Crippen LogP contribution in [0.5, 0.6) is 0 Å². The van der Waals surface area contributed by atoms with Gasteiger partial charge in [0.25, 0.3) is 0 Å². The van der Waals surface area contributed by atoms with Crippen molar-refractivity contribution in [3.63, 3.8) is 0 Å². The van der Waals surface area contributed by atoms with Crippen molar-refractivity contribution in [1.82, 2.24) is 9.97 Å². The molecule has 0 unspecified atom stereocenters. The van der Waals surface area contributed by atoms with Crippen LogP contribution in [0.2, 0.25) is 0 Å². The van der Waals surface area contributed by atoms with E-state index in [9.17, 15) is 0 Å². The SMILES string of the molecule is [B]c1ncc(N(c2ccc(-c3ccccc3)cc2)c2ccc3ccccc3c2)cn1. The summed E-state index contributed by atoms with van der Waals surface area (Å²) in [5.41, 5.74) is 5.54. The van der Waals surface area contributed by atoms with E-state index in [1.54, 1.807) is 12.4 Å². The van der Waals surface area contributed by atoms with E-state index in [0.29, 0.717) is 0 Å². The lowest BCUT2D eigenvalue weighted by Gasteiger charge is -2.25. The highest BCUT2D eigenvalue weighted by atomic mass is 15.2. The average Bonchev–Trinajstić information content (AvgIpc) is 2.81. The topological polar surface area (TPSA) is 29.0 Å². The summed E-state index contributed by atoms with van der Waals surface area (Å²) in [6.45, 7) is 0. The third-order valence-corrected chi connectivity index (χ3v) is 5.14. The predicted molar refractivity (Wildman–Crippen MR) is 125 cm³/mol. The number of nitrogens with zero attached hydrogens (tertiary/aromatic N) is 3. The van der Waals surface area contributed by atoms with Crippen LogP contribution in [0.25, 0.3) is 21.9 Å². The number of hydrogen-bond donors (Lipinski definition) is 0. The maximum atomic E-state index is 5.72. The molecule has 5 rings (SSSR count). The summed E-state index contributed by atoms with van der Waals surface area (Å²) >= 11 is 0. The number of fused-ring (bicyclic) bond motifs is 1. The molecule has 1 aromatic heterocycles. The zero-order valence-electron chi connectivity index (χ0n) is 16.3. The van der Waals surface area contributed by atoms with Crippen molar-refractivity contribution in [2.24, 2.45) is 0 Å². The fourth-order valence-corrected chi connectivity index (χ4v) is 3.64. The standard InChI is InChI=1S/C26H18BN3/c27-26-28-17-25(18-29-26)30(24-15-12-20-8-4-5-9-22(20)16-24)23-13-10-21(11-14-23)19-6-2-1-3-7-19/h1-18H. The first kappa shape index (κ1) is 18.1. The van der Waals surface area contributed by atoms with E-state index in [0.717, 1.165) is 17.1 Å². The van der Waals surface area contributed by atoms with Crippen molar-refractivity contribution in [1.29, 1.82) is 0 Å². The summed E-state index contributed by atoms with van der Waals surface area (Å²) in [6.07, 6.45) is 3.51. The van der Waals surface area contributed by atoms with Crippen LogP contribution in [0.1, 0.15) is 0 Å². The highest BCUT2D eigenvalue weighted by Gasteiger charge is 2.14. The van der Waals surface area contributed by atoms with Gasteiger partial charge in [0.15, 0.2) is 7.85 Å². The minimum absolute atomic E-state index is 0.261. The zero-order chi connectivity index (χ0) is 20.3. The Morgan fingerprint density at radius 2 is 1.13 bits per heavy atom. The predicted octanol–water partition coefficient (Wildman–Crippen LogP) is 5.56. The molecule has 0 aliphatic heterocycles. The van der Waals surface area contributed by atoms with Gasteiger partial charge >= 0.3 is 0 Å². The van der Waals surface area contributed by atoms with Gasteiger partial charge in [0, 0.05) is 11.4 Å². The Morgan fingerprint density at radius 3 is 1.87 bits per heavy atom. The van der Waals surface area contributed by atoms with Crippen molar-refractivity contribution in [3.05, 3.63) is 109 Å². The van der Waals surface area contributed by atoms with Gasteiger partial charge in [0.05, 0.1) is 23.8 Å². The number of hydrogen-bond acceptors (Lipinski definition) is 3. The Bertz CT molecular complexity index is 1280. The smallest absolute Gasteiger partial charge is 0.170 e. The molecule has 3 nitrogen and oxygen atoms in total. The number of benzene rings is 4. The molecule has 0 amide bonds. The molecule has 5 aromatic rings. The third-order valence-electron chi connectivity index (χ3n) is 5.14. The van der Waals surface area contributed by atoms with Crippen molar-refractivity contribution < 1.29 is 0 Å². The van der Waals surface area contributed by atoms with Crippen molar-refractivity contribution in [3.8, 4) is 11.1 Å². The molecule has 0 saturated carbocycles. The fourth-order valence-electron chi connectivity index (χ4n) is 3.64. The van der Waals surface area contributed by atoms with Gasteiger partial charge in [-0.3, -0.25) is 9.97 Å². The van der Waals surface area contributed by atoms with Crippen molar-refractivity contribution in [2.45, 2.75) is 0 Å². The summed E-state index contributed by atoms with van der Waals surface area (Å²) in [5.74, 6) is 0. The second-order valence-electron chi connectivity index (χ2n) is 7.08. The maximum Gasteiger partial charge on any atom is 0.170 e. The van der Waals surface area contributed by atoms with Gasteiger partial charge in [-0.25, -0.2) is 0 Å². The molecule has 0 spiro atoms. The lowest BCUT2D eigenvalue weighted by Crippen LogP contribution is -2.16. The molecule has 0 aliphatic carbocycles. The minimum Gasteiger partial charge on any atom is -0.308 e. The summed E-state index contributed by atoms with van der Waals surface area (Å²) in [6, 6.07) is 33.6. The van der Waals surface area contributed by atoms with Crippen molar-refractivity contribution >= 4 is 41.4 Å². The first-order valence-electron chi connectivity index (χ1n) is 9.80. The molecule has 0 aliphatic rings. The molecule has 140 valence electrons. The van der Waals surface area contributed by atoms with Crippen LogP contribution < -0.4 is 10.6 Å². The van der Waals surface area contributed by atoms with Gasteiger partial charge in [-0.2, -0.15) is 0 Å². The normalized spacial score (nSPS) is 10.8. The molecule has 0 bridgehead atoms.